The molecule has 0 saturated carbocycles. The highest BCUT2D eigenvalue weighted by molar-refractivity contribution is 6.31. The molecule has 1 N–H and O–H groups in total. The second-order valence-corrected chi connectivity index (χ2v) is 4.53. The number of hydrogen-bond acceptors (Lipinski definition) is 3. The Morgan fingerprint density at radius 3 is 2.81 bits per heavy atom. The Hall–Kier alpha value is -0.800. The van der Waals surface area contributed by atoms with Gasteiger partial charge in [-0.1, -0.05) is 25.4 Å². The molecule has 0 radical (unpaired) electrons. The molecule has 90 valence electrons. The number of pyridine rings is 1. The van der Waals surface area contributed by atoms with Gasteiger partial charge in [0.25, 0.3) is 0 Å². The Balaban J connectivity index is 2.42. The van der Waals surface area contributed by atoms with Gasteiger partial charge in [-0.3, -0.25) is 0 Å². The smallest absolute Gasteiger partial charge is 0.213 e. The lowest BCUT2D eigenvalue weighted by Crippen LogP contribution is -2.02. The van der Waals surface area contributed by atoms with Crippen molar-refractivity contribution in [3.05, 3.63) is 22.8 Å². The molecule has 0 atom stereocenters. The van der Waals surface area contributed by atoms with E-state index < -0.39 is 0 Å². The van der Waals surface area contributed by atoms with E-state index >= 15 is 0 Å². The van der Waals surface area contributed by atoms with Crippen LogP contribution in [0.5, 0.6) is 5.88 Å². The van der Waals surface area contributed by atoms with Crippen LogP contribution in [0.2, 0.25) is 5.02 Å². The van der Waals surface area contributed by atoms with Gasteiger partial charge in [-0.2, -0.15) is 0 Å². The molecule has 1 aromatic rings. The molecule has 0 saturated heterocycles. The zero-order valence-corrected chi connectivity index (χ0v) is 10.5. The first-order chi connectivity index (χ1) is 7.63. The molecule has 0 amide bonds. The summed E-state index contributed by atoms with van der Waals surface area (Å²) in [6.45, 7) is 4.86. The van der Waals surface area contributed by atoms with E-state index in [1.54, 1.807) is 12.1 Å². The molecule has 16 heavy (non-hydrogen) atoms. The fourth-order valence-electron chi connectivity index (χ4n) is 1.32. The van der Waals surface area contributed by atoms with E-state index in [9.17, 15) is 0 Å². The van der Waals surface area contributed by atoms with Crippen LogP contribution in [0.15, 0.2) is 12.1 Å². The number of ether oxygens (including phenoxy) is 1. The molecule has 1 heterocycles. The van der Waals surface area contributed by atoms with Crippen LogP contribution < -0.4 is 4.74 Å². The summed E-state index contributed by atoms with van der Waals surface area (Å²) in [6, 6.07) is 3.41. The quantitative estimate of drug-likeness (QED) is 0.781. The number of hydrogen-bond donors (Lipinski definition) is 1. The van der Waals surface area contributed by atoms with Crippen LogP contribution in [-0.4, -0.2) is 16.7 Å². The maximum atomic E-state index is 8.98. The lowest BCUT2D eigenvalue weighted by Gasteiger charge is -2.08. The molecule has 1 rings (SSSR count). The first kappa shape index (κ1) is 13.3. The number of nitrogens with zero attached hydrogens (tertiary/aromatic N) is 1. The number of halogens is 1. The van der Waals surface area contributed by atoms with Crippen molar-refractivity contribution in [3.63, 3.8) is 0 Å². The van der Waals surface area contributed by atoms with E-state index in [1.165, 1.54) is 0 Å². The number of aliphatic hydroxyl groups is 1. The first-order valence-electron chi connectivity index (χ1n) is 5.52. The summed E-state index contributed by atoms with van der Waals surface area (Å²) in [7, 11) is 0. The summed E-state index contributed by atoms with van der Waals surface area (Å²) >= 11 is 5.82. The Morgan fingerprint density at radius 2 is 2.19 bits per heavy atom. The standard InChI is InChI=1S/C12H18ClNO2/c1-9(2)4-3-7-16-12-6-5-10(13)11(8-15)14-12/h5-6,9,15H,3-4,7-8H2,1-2H3. The Labute approximate surface area is 101 Å². The Morgan fingerprint density at radius 1 is 1.44 bits per heavy atom. The highest BCUT2D eigenvalue weighted by atomic mass is 35.5. The zero-order chi connectivity index (χ0) is 12.0. The fourth-order valence-corrected chi connectivity index (χ4v) is 1.49. The summed E-state index contributed by atoms with van der Waals surface area (Å²) < 4.78 is 5.47. The largest absolute Gasteiger partial charge is 0.478 e. The summed E-state index contributed by atoms with van der Waals surface area (Å²) in [4.78, 5) is 4.10. The molecule has 0 fully saturated rings. The van der Waals surface area contributed by atoms with Crippen molar-refractivity contribution in [2.75, 3.05) is 6.61 Å². The van der Waals surface area contributed by atoms with Gasteiger partial charge in [-0.05, 0) is 24.8 Å². The van der Waals surface area contributed by atoms with Crippen molar-refractivity contribution in [2.45, 2.75) is 33.3 Å². The van der Waals surface area contributed by atoms with Crippen molar-refractivity contribution in [1.29, 1.82) is 0 Å². The van der Waals surface area contributed by atoms with E-state index in [0.717, 1.165) is 12.8 Å². The van der Waals surface area contributed by atoms with E-state index in [-0.39, 0.29) is 6.61 Å². The summed E-state index contributed by atoms with van der Waals surface area (Å²) in [6.07, 6.45) is 2.15. The van der Waals surface area contributed by atoms with Gasteiger partial charge < -0.3 is 9.84 Å². The average Bonchev–Trinajstić information content (AvgIpc) is 2.26. The van der Waals surface area contributed by atoms with Crippen molar-refractivity contribution in [1.82, 2.24) is 4.98 Å². The van der Waals surface area contributed by atoms with Gasteiger partial charge in [0.2, 0.25) is 5.88 Å². The minimum atomic E-state index is -0.165. The SMILES string of the molecule is CC(C)CCCOc1ccc(Cl)c(CO)n1. The molecular weight excluding hydrogens is 226 g/mol. The monoisotopic (exact) mass is 243 g/mol. The van der Waals surface area contributed by atoms with Crippen molar-refractivity contribution in [2.24, 2.45) is 5.92 Å². The van der Waals surface area contributed by atoms with Crippen LogP contribution in [0.4, 0.5) is 0 Å². The van der Waals surface area contributed by atoms with Gasteiger partial charge in [0.15, 0.2) is 0 Å². The minimum Gasteiger partial charge on any atom is -0.478 e. The maximum absolute atomic E-state index is 8.98. The second kappa shape index (κ2) is 6.71. The summed E-state index contributed by atoms with van der Waals surface area (Å²) in [5, 5.41) is 9.45. The molecule has 3 nitrogen and oxygen atoms in total. The zero-order valence-electron chi connectivity index (χ0n) is 9.74. The number of aromatic nitrogens is 1. The van der Waals surface area contributed by atoms with Gasteiger partial charge in [0, 0.05) is 6.07 Å². The van der Waals surface area contributed by atoms with Gasteiger partial charge in [0.05, 0.1) is 23.9 Å². The Kier molecular flexibility index (Phi) is 5.56. The van der Waals surface area contributed by atoms with Crippen LogP contribution in [0.25, 0.3) is 0 Å². The van der Waals surface area contributed by atoms with Crippen LogP contribution in [0, 0.1) is 5.92 Å². The van der Waals surface area contributed by atoms with Crippen molar-refractivity contribution in [3.8, 4) is 5.88 Å². The van der Waals surface area contributed by atoms with Crippen LogP contribution >= 0.6 is 11.6 Å². The maximum Gasteiger partial charge on any atom is 0.213 e. The lowest BCUT2D eigenvalue weighted by molar-refractivity contribution is 0.265. The van der Waals surface area contributed by atoms with Gasteiger partial charge in [-0.25, -0.2) is 4.98 Å². The van der Waals surface area contributed by atoms with Crippen molar-refractivity contribution >= 4 is 11.6 Å². The molecule has 1 aromatic heterocycles. The van der Waals surface area contributed by atoms with Crippen molar-refractivity contribution < 1.29 is 9.84 Å². The molecule has 0 aliphatic rings. The molecule has 0 unspecified atom stereocenters. The second-order valence-electron chi connectivity index (χ2n) is 4.12. The fraction of sp³-hybridized carbons (Fsp3) is 0.583. The number of rotatable bonds is 6. The third kappa shape index (κ3) is 4.37. The normalized spacial score (nSPS) is 10.8. The molecule has 0 spiro atoms. The predicted octanol–water partition coefficient (Wildman–Crippen LogP) is 3.04. The van der Waals surface area contributed by atoms with E-state index in [0.29, 0.717) is 29.1 Å². The third-order valence-electron chi connectivity index (χ3n) is 2.22. The van der Waals surface area contributed by atoms with Gasteiger partial charge >= 0.3 is 0 Å². The predicted molar refractivity (Wildman–Crippen MR) is 64.7 cm³/mol. The van der Waals surface area contributed by atoms with E-state index in [4.69, 9.17) is 21.4 Å². The molecule has 0 aliphatic carbocycles. The van der Waals surface area contributed by atoms with Crippen LogP contribution in [0.1, 0.15) is 32.4 Å². The average molecular weight is 244 g/mol. The highest BCUT2D eigenvalue weighted by Crippen LogP contribution is 2.18. The Bertz CT molecular complexity index is 329. The third-order valence-corrected chi connectivity index (χ3v) is 2.56. The topological polar surface area (TPSA) is 42.4 Å². The molecule has 0 aliphatic heterocycles. The first-order valence-corrected chi connectivity index (χ1v) is 5.90. The summed E-state index contributed by atoms with van der Waals surface area (Å²) in [5.74, 6) is 1.21. The minimum absolute atomic E-state index is 0.165. The van der Waals surface area contributed by atoms with Gasteiger partial charge in [0.1, 0.15) is 0 Å². The summed E-state index contributed by atoms with van der Waals surface area (Å²) in [5.41, 5.74) is 0.461. The molecule has 0 bridgehead atoms. The molecule has 0 aromatic carbocycles. The van der Waals surface area contributed by atoms with Crippen LogP contribution in [-0.2, 0) is 6.61 Å². The van der Waals surface area contributed by atoms with Gasteiger partial charge in [-0.15, -0.1) is 0 Å². The molecule has 4 heteroatoms. The van der Waals surface area contributed by atoms with E-state index in [1.807, 2.05) is 0 Å². The van der Waals surface area contributed by atoms with E-state index in [2.05, 4.69) is 18.8 Å². The lowest BCUT2D eigenvalue weighted by atomic mass is 10.1. The number of aliphatic hydroxyl groups excluding tert-OH is 1. The molecular formula is C12H18ClNO2. The highest BCUT2D eigenvalue weighted by Gasteiger charge is 2.03. The van der Waals surface area contributed by atoms with Crippen LogP contribution in [0.3, 0.4) is 0 Å².